The zero-order valence-electron chi connectivity index (χ0n) is 10.7. The van der Waals surface area contributed by atoms with Crippen molar-refractivity contribution in [1.29, 1.82) is 0 Å². The molecule has 0 saturated carbocycles. The number of aliphatic hydroxyl groups excluding tert-OH is 1. The maximum absolute atomic E-state index is 12.8. The lowest BCUT2D eigenvalue weighted by Crippen LogP contribution is -2.38. The largest absolute Gasteiger partial charge is 0.387 e. The molecular formula is C14H20FNO2. The summed E-state index contributed by atoms with van der Waals surface area (Å²) in [6, 6.07) is 6.50. The Kier molecular flexibility index (Phi) is 4.69. The Hall–Kier alpha value is -0.970. The lowest BCUT2D eigenvalue weighted by Gasteiger charge is -2.32. The van der Waals surface area contributed by atoms with Gasteiger partial charge in [-0.25, -0.2) is 4.39 Å². The molecule has 1 saturated heterocycles. The van der Waals surface area contributed by atoms with Crippen LogP contribution in [0.15, 0.2) is 24.3 Å². The quantitative estimate of drug-likeness (QED) is 0.890. The van der Waals surface area contributed by atoms with Crippen molar-refractivity contribution in [2.24, 2.45) is 0 Å². The molecule has 1 heterocycles. The summed E-state index contributed by atoms with van der Waals surface area (Å²) in [7, 11) is 2.02. The molecule has 1 unspecified atom stereocenters. The molecule has 1 aromatic carbocycles. The molecule has 1 fully saturated rings. The minimum atomic E-state index is -0.571. The predicted molar refractivity (Wildman–Crippen MR) is 67.8 cm³/mol. The molecule has 0 spiro atoms. The van der Waals surface area contributed by atoms with E-state index in [9.17, 15) is 9.50 Å². The molecule has 0 amide bonds. The van der Waals surface area contributed by atoms with Gasteiger partial charge in [0.05, 0.1) is 6.10 Å². The van der Waals surface area contributed by atoms with Crippen molar-refractivity contribution in [2.45, 2.75) is 25.0 Å². The Balaban J connectivity index is 1.89. The Morgan fingerprint density at radius 2 is 1.94 bits per heavy atom. The Bertz CT molecular complexity index is 363. The number of ether oxygens (including phenoxy) is 1. The first-order valence-corrected chi connectivity index (χ1v) is 6.38. The molecule has 4 heteroatoms. The molecule has 1 N–H and O–H groups in total. The van der Waals surface area contributed by atoms with Gasteiger partial charge in [0.2, 0.25) is 0 Å². The molecule has 1 atom stereocenters. The average Bonchev–Trinajstić information content (AvgIpc) is 2.40. The van der Waals surface area contributed by atoms with Crippen LogP contribution in [0.1, 0.15) is 24.5 Å². The summed E-state index contributed by atoms with van der Waals surface area (Å²) in [5, 5.41) is 10.1. The molecule has 0 radical (unpaired) electrons. The Morgan fingerprint density at radius 3 is 2.56 bits per heavy atom. The SMILES string of the molecule is CN(CC(O)c1ccc(F)cc1)C1CCOCC1. The van der Waals surface area contributed by atoms with Gasteiger partial charge in [0.25, 0.3) is 0 Å². The van der Waals surface area contributed by atoms with Gasteiger partial charge < -0.3 is 14.7 Å². The first kappa shape index (κ1) is 13.5. The van der Waals surface area contributed by atoms with Crippen molar-refractivity contribution >= 4 is 0 Å². The summed E-state index contributed by atoms with van der Waals surface area (Å²) in [4.78, 5) is 2.16. The van der Waals surface area contributed by atoms with Gasteiger partial charge in [0, 0.05) is 25.8 Å². The van der Waals surface area contributed by atoms with Crippen LogP contribution in [0.25, 0.3) is 0 Å². The van der Waals surface area contributed by atoms with E-state index in [2.05, 4.69) is 4.90 Å². The summed E-state index contributed by atoms with van der Waals surface area (Å²) in [6.45, 7) is 2.15. The first-order valence-electron chi connectivity index (χ1n) is 6.38. The predicted octanol–water partition coefficient (Wildman–Crippen LogP) is 1.97. The molecule has 1 aliphatic rings. The molecule has 3 nitrogen and oxygen atoms in total. The lowest BCUT2D eigenvalue weighted by molar-refractivity contribution is 0.0253. The minimum absolute atomic E-state index is 0.274. The molecule has 0 aliphatic carbocycles. The second kappa shape index (κ2) is 6.27. The summed E-state index contributed by atoms with van der Waals surface area (Å²) in [6.07, 6.45) is 1.44. The van der Waals surface area contributed by atoms with E-state index in [1.165, 1.54) is 12.1 Å². The Labute approximate surface area is 107 Å². The molecule has 0 bridgehead atoms. The molecule has 2 rings (SSSR count). The van der Waals surface area contributed by atoms with Gasteiger partial charge in [0.1, 0.15) is 5.82 Å². The number of benzene rings is 1. The highest BCUT2D eigenvalue weighted by molar-refractivity contribution is 5.18. The van der Waals surface area contributed by atoms with Crippen molar-refractivity contribution in [1.82, 2.24) is 4.90 Å². The highest BCUT2D eigenvalue weighted by Gasteiger charge is 2.20. The molecule has 1 aromatic rings. The average molecular weight is 253 g/mol. The minimum Gasteiger partial charge on any atom is -0.387 e. The third-order valence-corrected chi connectivity index (χ3v) is 3.53. The number of nitrogens with zero attached hydrogens (tertiary/aromatic N) is 1. The maximum Gasteiger partial charge on any atom is 0.123 e. The van der Waals surface area contributed by atoms with Crippen molar-refractivity contribution in [3.63, 3.8) is 0 Å². The number of likely N-dealkylation sites (N-methyl/N-ethyl adjacent to an activating group) is 1. The second-order valence-corrected chi connectivity index (χ2v) is 4.85. The standard InChI is InChI=1S/C14H20FNO2/c1-16(13-6-8-18-9-7-13)10-14(17)11-2-4-12(15)5-3-11/h2-5,13-14,17H,6-10H2,1H3. The van der Waals surface area contributed by atoms with Gasteiger partial charge in [-0.15, -0.1) is 0 Å². The van der Waals surface area contributed by atoms with Crippen molar-refractivity contribution in [2.75, 3.05) is 26.8 Å². The van der Waals surface area contributed by atoms with E-state index in [0.717, 1.165) is 31.6 Å². The molecule has 100 valence electrons. The fourth-order valence-corrected chi connectivity index (χ4v) is 2.34. The molecule has 0 aromatic heterocycles. The van der Waals surface area contributed by atoms with Crippen molar-refractivity contribution < 1.29 is 14.2 Å². The molecule has 18 heavy (non-hydrogen) atoms. The van der Waals surface area contributed by atoms with Gasteiger partial charge in [-0.2, -0.15) is 0 Å². The van der Waals surface area contributed by atoms with Crippen LogP contribution < -0.4 is 0 Å². The third kappa shape index (κ3) is 3.51. The fraction of sp³-hybridized carbons (Fsp3) is 0.571. The van der Waals surface area contributed by atoms with Crippen LogP contribution in [0.2, 0.25) is 0 Å². The van der Waals surface area contributed by atoms with Crippen LogP contribution in [0.3, 0.4) is 0 Å². The van der Waals surface area contributed by atoms with Crippen molar-refractivity contribution in [3.05, 3.63) is 35.6 Å². The van der Waals surface area contributed by atoms with Gasteiger partial charge >= 0.3 is 0 Å². The van der Waals surface area contributed by atoms with Crippen LogP contribution >= 0.6 is 0 Å². The second-order valence-electron chi connectivity index (χ2n) is 4.85. The van der Waals surface area contributed by atoms with Gasteiger partial charge in [0.15, 0.2) is 0 Å². The normalized spacial score (nSPS) is 19.1. The van der Waals surface area contributed by atoms with Crippen LogP contribution in [0.4, 0.5) is 4.39 Å². The number of hydrogen-bond donors (Lipinski definition) is 1. The highest BCUT2D eigenvalue weighted by atomic mass is 19.1. The Morgan fingerprint density at radius 1 is 1.33 bits per heavy atom. The van der Waals surface area contributed by atoms with Crippen LogP contribution in [0.5, 0.6) is 0 Å². The summed E-state index contributed by atoms with van der Waals surface area (Å²) < 4.78 is 18.1. The first-order chi connectivity index (χ1) is 8.66. The number of aliphatic hydroxyl groups is 1. The van der Waals surface area contributed by atoms with Gasteiger partial charge in [-0.05, 0) is 37.6 Å². The smallest absolute Gasteiger partial charge is 0.123 e. The highest BCUT2D eigenvalue weighted by Crippen LogP contribution is 2.18. The monoisotopic (exact) mass is 253 g/mol. The zero-order chi connectivity index (χ0) is 13.0. The van der Waals surface area contributed by atoms with E-state index < -0.39 is 6.10 Å². The number of rotatable bonds is 4. The summed E-state index contributed by atoms with van der Waals surface area (Å²) in [5.41, 5.74) is 0.760. The van der Waals surface area contributed by atoms with Gasteiger partial charge in [-0.3, -0.25) is 0 Å². The van der Waals surface area contributed by atoms with E-state index in [0.29, 0.717) is 12.6 Å². The van der Waals surface area contributed by atoms with Crippen molar-refractivity contribution in [3.8, 4) is 0 Å². The molecular weight excluding hydrogens is 233 g/mol. The summed E-state index contributed by atoms with van der Waals surface area (Å²) >= 11 is 0. The van der Waals surface area contributed by atoms with E-state index in [1.807, 2.05) is 7.05 Å². The zero-order valence-corrected chi connectivity index (χ0v) is 10.7. The fourth-order valence-electron chi connectivity index (χ4n) is 2.34. The van der Waals surface area contributed by atoms with Crippen LogP contribution in [0, 0.1) is 5.82 Å². The molecule has 1 aliphatic heterocycles. The lowest BCUT2D eigenvalue weighted by atomic mass is 10.1. The van der Waals surface area contributed by atoms with Gasteiger partial charge in [-0.1, -0.05) is 12.1 Å². The van der Waals surface area contributed by atoms with Crippen LogP contribution in [-0.4, -0.2) is 42.9 Å². The van der Waals surface area contributed by atoms with E-state index in [1.54, 1.807) is 12.1 Å². The number of hydrogen-bond acceptors (Lipinski definition) is 3. The topological polar surface area (TPSA) is 32.7 Å². The van der Waals surface area contributed by atoms with E-state index in [-0.39, 0.29) is 5.82 Å². The van der Waals surface area contributed by atoms with E-state index in [4.69, 9.17) is 4.74 Å². The van der Waals surface area contributed by atoms with E-state index >= 15 is 0 Å². The van der Waals surface area contributed by atoms with Crippen LogP contribution in [-0.2, 0) is 4.74 Å². The third-order valence-electron chi connectivity index (χ3n) is 3.53. The number of halogens is 1. The summed E-state index contributed by atoms with van der Waals surface area (Å²) in [5.74, 6) is -0.274. The maximum atomic E-state index is 12.8.